The molecule has 0 fully saturated rings. The first-order chi connectivity index (χ1) is 7.56. The molecule has 16 heavy (non-hydrogen) atoms. The van der Waals surface area contributed by atoms with Gasteiger partial charge in [0.2, 0.25) is 5.95 Å². The summed E-state index contributed by atoms with van der Waals surface area (Å²) in [4.78, 5) is 8.26. The number of hydrogen-bond acceptors (Lipinski definition) is 6. The number of nitrogens with two attached hydrogens (primary N) is 1. The molecule has 0 bridgehead atoms. The highest BCUT2D eigenvalue weighted by atomic mass is 16.3. The third-order valence-electron chi connectivity index (χ3n) is 2.50. The highest BCUT2D eigenvalue weighted by Gasteiger charge is 2.12. The lowest BCUT2D eigenvalue weighted by Gasteiger charge is -2.20. The Morgan fingerprint density at radius 1 is 1.44 bits per heavy atom. The minimum atomic E-state index is 0.130. The van der Waals surface area contributed by atoms with Gasteiger partial charge in [-0.1, -0.05) is 6.92 Å². The van der Waals surface area contributed by atoms with Crippen LogP contribution in [0.2, 0.25) is 0 Å². The van der Waals surface area contributed by atoms with Gasteiger partial charge >= 0.3 is 0 Å². The van der Waals surface area contributed by atoms with Crippen LogP contribution in [0.5, 0.6) is 0 Å². The number of aliphatic hydroxyl groups excluding tert-OH is 1. The number of hydrogen-bond donors (Lipinski definition) is 4. The lowest BCUT2D eigenvalue weighted by Crippen LogP contribution is -2.27. The van der Waals surface area contributed by atoms with E-state index in [1.165, 1.54) is 0 Å². The van der Waals surface area contributed by atoms with Crippen molar-refractivity contribution in [3.8, 4) is 0 Å². The van der Waals surface area contributed by atoms with Gasteiger partial charge < -0.3 is 10.4 Å². The van der Waals surface area contributed by atoms with E-state index in [0.717, 1.165) is 5.69 Å². The molecule has 1 aromatic rings. The standard InChI is InChI=1S/C10H19N5O/c1-6(5-16)8(3)13-9-4-7(2)12-10(14-9)15-11/h4,6,8,16H,5,11H2,1-3H3,(H2,12,13,14,15). The Hall–Kier alpha value is -1.40. The van der Waals surface area contributed by atoms with Gasteiger partial charge in [-0.05, 0) is 19.8 Å². The molecule has 0 aliphatic heterocycles. The van der Waals surface area contributed by atoms with Crippen LogP contribution in [-0.4, -0.2) is 27.7 Å². The van der Waals surface area contributed by atoms with Gasteiger partial charge in [0.25, 0.3) is 0 Å². The average Bonchev–Trinajstić information content (AvgIpc) is 2.26. The third-order valence-corrected chi connectivity index (χ3v) is 2.50. The van der Waals surface area contributed by atoms with Gasteiger partial charge in [0, 0.05) is 24.4 Å². The molecule has 0 aromatic carbocycles. The molecule has 0 aliphatic rings. The number of nitrogens with zero attached hydrogens (tertiary/aromatic N) is 2. The van der Waals surface area contributed by atoms with E-state index in [4.69, 9.17) is 10.9 Å². The summed E-state index contributed by atoms with van der Waals surface area (Å²) in [6.45, 7) is 5.97. The molecule has 90 valence electrons. The van der Waals surface area contributed by atoms with Gasteiger partial charge in [-0.3, -0.25) is 5.43 Å². The fourth-order valence-electron chi connectivity index (χ4n) is 1.24. The van der Waals surface area contributed by atoms with Crippen LogP contribution < -0.4 is 16.6 Å². The van der Waals surface area contributed by atoms with Crippen LogP contribution in [0.4, 0.5) is 11.8 Å². The molecule has 0 spiro atoms. The van der Waals surface area contributed by atoms with E-state index in [1.807, 2.05) is 26.8 Å². The van der Waals surface area contributed by atoms with Crippen molar-refractivity contribution >= 4 is 11.8 Å². The molecule has 0 aliphatic carbocycles. The molecule has 5 N–H and O–H groups in total. The zero-order valence-corrected chi connectivity index (χ0v) is 9.86. The van der Waals surface area contributed by atoms with Crippen molar-refractivity contribution in [2.75, 3.05) is 17.3 Å². The molecule has 0 saturated heterocycles. The molecular weight excluding hydrogens is 206 g/mol. The summed E-state index contributed by atoms with van der Waals surface area (Å²) in [6, 6.07) is 1.96. The molecular formula is C10H19N5O. The number of hydrazine groups is 1. The molecule has 2 atom stereocenters. The number of nitrogens with one attached hydrogen (secondary N) is 2. The van der Waals surface area contributed by atoms with E-state index in [9.17, 15) is 0 Å². The number of aliphatic hydroxyl groups is 1. The smallest absolute Gasteiger partial charge is 0.239 e. The second-order valence-corrected chi connectivity index (χ2v) is 3.96. The first-order valence-electron chi connectivity index (χ1n) is 5.26. The van der Waals surface area contributed by atoms with Gasteiger partial charge in [-0.2, -0.15) is 4.98 Å². The Labute approximate surface area is 95.3 Å². The second-order valence-electron chi connectivity index (χ2n) is 3.96. The number of anilines is 2. The molecule has 6 heteroatoms. The van der Waals surface area contributed by atoms with Crippen molar-refractivity contribution in [2.24, 2.45) is 11.8 Å². The van der Waals surface area contributed by atoms with Crippen LogP contribution in [0.15, 0.2) is 6.07 Å². The summed E-state index contributed by atoms with van der Waals surface area (Å²) >= 11 is 0. The minimum absolute atomic E-state index is 0.130. The number of aryl methyl sites for hydroxylation is 1. The van der Waals surface area contributed by atoms with E-state index < -0.39 is 0 Å². The van der Waals surface area contributed by atoms with E-state index in [-0.39, 0.29) is 18.6 Å². The number of rotatable bonds is 5. The minimum Gasteiger partial charge on any atom is -0.396 e. The molecule has 2 unspecified atom stereocenters. The van der Waals surface area contributed by atoms with E-state index in [2.05, 4.69) is 20.7 Å². The monoisotopic (exact) mass is 225 g/mol. The van der Waals surface area contributed by atoms with Crippen LogP contribution in [-0.2, 0) is 0 Å². The summed E-state index contributed by atoms with van der Waals surface area (Å²) < 4.78 is 0. The molecule has 1 heterocycles. The molecule has 1 rings (SSSR count). The van der Waals surface area contributed by atoms with Crippen molar-refractivity contribution in [1.82, 2.24) is 9.97 Å². The van der Waals surface area contributed by atoms with Crippen LogP contribution in [0.1, 0.15) is 19.5 Å². The summed E-state index contributed by atoms with van der Waals surface area (Å²) in [5.74, 6) is 6.50. The van der Waals surface area contributed by atoms with Gasteiger partial charge in [-0.15, -0.1) is 0 Å². The summed E-state index contributed by atoms with van der Waals surface area (Å²) in [6.07, 6.45) is 0. The van der Waals surface area contributed by atoms with E-state index in [0.29, 0.717) is 11.8 Å². The Morgan fingerprint density at radius 3 is 2.69 bits per heavy atom. The zero-order valence-electron chi connectivity index (χ0n) is 9.86. The van der Waals surface area contributed by atoms with Crippen LogP contribution >= 0.6 is 0 Å². The fourth-order valence-corrected chi connectivity index (χ4v) is 1.24. The second kappa shape index (κ2) is 5.62. The Kier molecular flexibility index (Phi) is 4.45. The van der Waals surface area contributed by atoms with Gasteiger partial charge in [0.05, 0.1) is 0 Å². The molecule has 0 amide bonds. The van der Waals surface area contributed by atoms with Crippen molar-refractivity contribution in [3.05, 3.63) is 11.8 Å². The third kappa shape index (κ3) is 3.32. The average molecular weight is 225 g/mol. The molecule has 1 aromatic heterocycles. The maximum atomic E-state index is 9.03. The van der Waals surface area contributed by atoms with Crippen molar-refractivity contribution in [2.45, 2.75) is 26.8 Å². The molecule has 6 nitrogen and oxygen atoms in total. The maximum Gasteiger partial charge on any atom is 0.239 e. The zero-order chi connectivity index (χ0) is 12.1. The summed E-state index contributed by atoms with van der Waals surface area (Å²) in [5.41, 5.74) is 3.24. The highest BCUT2D eigenvalue weighted by molar-refractivity contribution is 5.42. The SMILES string of the molecule is Cc1cc(NC(C)C(C)CO)nc(NN)n1. The van der Waals surface area contributed by atoms with Crippen LogP contribution in [0, 0.1) is 12.8 Å². The first kappa shape index (κ1) is 12.7. The van der Waals surface area contributed by atoms with Gasteiger partial charge in [-0.25, -0.2) is 10.8 Å². The Balaban J connectivity index is 2.76. The maximum absolute atomic E-state index is 9.03. The van der Waals surface area contributed by atoms with Gasteiger partial charge in [0.15, 0.2) is 0 Å². The van der Waals surface area contributed by atoms with E-state index >= 15 is 0 Å². The van der Waals surface area contributed by atoms with Crippen LogP contribution in [0.3, 0.4) is 0 Å². The summed E-state index contributed by atoms with van der Waals surface area (Å²) in [5, 5.41) is 12.2. The van der Waals surface area contributed by atoms with Crippen molar-refractivity contribution < 1.29 is 5.11 Å². The van der Waals surface area contributed by atoms with E-state index in [1.54, 1.807) is 0 Å². The highest BCUT2D eigenvalue weighted by Crippen LogP contribution is 2.13. The first-order valence-corrected chi connectivity index (χ1v) is 5.26. The van der Waals surface area contributed by atoms with Crippen molar-refractivity contribution in [1.29, 1.82) is 0 Å². The number of aromatic nitrogens is 2. The normalized spacial score (nSPS) is 14.3. The predicted octanol–water partition coefficient (Wildman–Crippen LogP) is 0.499. The lowest BCUT2D eigenvalue weighted by atomic mass is 10.1. The quantitative estimate of drug-likeness (QED) is 0.430. The van der Waals surface area contributed by atoms with Gasteiger partial charge in [0.1, 0.15) is 5.82 Å². The fraction of sp³-hybridized carbons (Fsp3) is 0.600. The topological polar surface area (TPSA) is 96.1 Å². The Bertz CT molecular complexity index is 344. The Morgan fingerprint density at radius 2 is 2.12 bits per heavy atom. The molecule has 0 saturated carbocycles. The van der Waals surface area contributed by atoms with Crippen molar-refractivity contribution in [3.63, 3.8) is 0 Å². The largest absolute Gasteiger partial charge is 0.396 e. The number of nitrogen functional groups attached to an aromatic ring is 1. The predicted molar refractivity (Wildman–Crippen MR) is 63.9 cm³/mol. The molecule has 0 radical (unpaired) electrons. The summed E-state index contributed by atoms with van der Waals surface area (Å²) in [7, 11) is 0. The lowest BCUT2D eigenvalue weighted by molar-refractivity contribution is 0.226. The van der Waals surface area contributed by atoms with Crippen LogP contribution in [0.25, 0.3) is 0 Å².